The summed E-state index contributed by atoms with van der Waals surface area (Å²) < 4.78 is 39.1. The molecule has 0 saturated carbocycles. The number of ether oxygens (including phenoxy) is 2. The molecule has 0 amide bonds. The molecule has 0 N–H and O–H groups in total. The number of hydrogen-bond acceptors (Lipinski definition) is 5. The van der Waals surface area contributed by atoms with Gasteiger partial charge in [-0.2, -0.15) is 0 Å². The number of sulfonamides is 1. The van der Waals surface area contributed by atoms with E-state index in [0.29, 0.717) is 18.1 Å². The lowest BCUT2D eigenvalue weighted by Crippen LogP contribution is -2.46. The molecule has 2 aromatic carbocycles. The average Bonchev–Trinajstić information content (AvgIpc) is 2.68. The second-order valence-electron chi connectivity index (χ2n) is 6.77. The maximum atomic E-state index is 11.9. The Morgan fingerprint density at radius 1 is 1.04 bits per heavy atom. The molecule has 2 heterocycles. The molecule has 2 aromatic rings. The Morgan fingerprint density at radius 3 is 2.59 bits per heavy atom. The first-order valence-electron chi connectivity index (χ1n) is 9.03. The van der Waals surface area contributed by atoms with Crippen molar-refractivity contribution in [1.29, 1.82) is 0 Å². The third kappa shape index (κ3) is 3.93. The van der Waals surface area contributed by atoms with E-state index in [4.69, 9.17) is 9.47 Å². The fourth-order valence-electron chi connectivity index (χ4n) is 3.60. The van der Waals surface area contributed by atoms with Crippen molar-refractivity contribution in [3.05, 3.63) is 54.1 Å². The highest BCUT2D eigenvalue weighted by Crippen LogP contribution is 2.33. The van der Waals surface area contributed by atoms with Gasteiger partial charge in [-0.1, -0.05) is 18.2 Å². The molecule has 0 bridgehead atoms. The summed E-state index contributed by atoms with van der Waals surface area (Å²) in [5.41, 5.74) is 1.06. The molecule has 1 unspecified atom stereocenters. The van der Waals surface area contributed by atoms with Crippen LogP contribution in [0.3, 0.4) is 0 Å². The standard InChI is InChI=1S/C20H22N2O4S/c1-25-17-4-2-5-18(14-17)26-16-9-7-15(8-10-16)19-6-3-11-22-12-13-27(23,24)21-20(19)22/h2,4-5,7-10,14,19H,3,6,11-13H2,1H3. The van der Waals surface area contributed by atoms with Crippen LogP contribution in [0.1, 0.15) is 24.3 Å². The molecule has 1 fully saturated rings. The molecule has 1 atom stereocenters. The summed E-state index contributed by atoms with van der Waals surface area (Å²) in [6, 6.07) is 15.2. The van der Waals surface area contributed by atoms with E-state index in [-0.39, 0.29) is 11.7 Å². The zero-order valence-corrected chi connectivity index (χ0v) is 16.0. The minimum absolute atomic E-state index is 0.0136. The number of hydrogen-bond donors (Lipinski definition) is 0. The molecule has 1 saturated heterocycles. The van der Waals surface area contributed by atoms with Crippen molar-refractivity contribution in [3.8, 4) is 17.2 Å². The van der Waals surface area contributed by atoms with Gasteiger partial charge in [0.05, 0.1) is 12.9 Å². The first-order chi connectivity index (χ1) is 13.0. The second-order valence-corrected chi connectivity index (χ2v) is 8.52. The highest BCUT2D eigenvalue weighted by atomic mass is 32.2. The normalized spacial score (nSPS) is 21.1. The monoisotopic (exact) mass is 386 g/mol. The van der Waals surface area contributed by atoms with Gasteiger partial charge in [0.15, 0.2) is 0 Å². The molecular weight excluding hydrogens is 364 g/mol. The third-order valence-electron chi connectivity index (χ3n) is 4.97. The lowest BCUT2D eigenvalue weighted by atomic mass is 9.89. The van der Waals surface area contributed by atoms with Gasteiger partial charge in [-0.15, -0.1) is 4.40 Å². The quantitative estimate of drug-likeness (QED) is 0.805. The lowest BCUT2D eigenvalue weighted by molar-refractivity contribution is 0.366. The zero-order valence-electron chi connectivity index (χ0n) is 15.2. The van der Waals surface area contributed by atoms with Gasteiger partial charge >= 0.3 is 0 Å². The van der Waals surface area contributed by atoms with Crippen LogP contribution in [-0.2, 0) is 10.0 Å². The molecule has 27 heavy (non-hydrogen) atoms. The Balaban J connectivity index is 1.55. The van der Waals surface area contributed by atoms with Crippen LogP contribution in [0.5, 0.6) is 17.2 Å². The van der Waals surface area contributed by atoms with E-state index in [0.717, 1.165) is 36.4 Å². The summed E-state index contributed by atoms with van der Waals surface area (Å²) in [5.74, 6) is 2.97. The molecule has 0 radical (unpaired) electrons. The highest BCUT2D eigenvalue weighted by Gasteiger charge is 2.33. The first kappa shape index (κ1) is 17.9. The van der Waals surface area contributed by atoms with Crippen LogP contribution in [0, 0.1) is 0 Å². The van der Waals surface area contributed by atoms with Crippen molar-refractivity contribution < 1.29 is 17.9 Å². The fourth-order valence-corrected chi connectivity index (χ4v) is 4.67. The molecular formula is C20H22N2O4S. The van der Waals surface area contributed by atoms with Crippen molar-refractivity contribution in [2.24, 2.45) is 4.40 Å². The number of methoxy groups -OCH3 is 1. The van der Waals surface area contributed by atoms with E-state index in [1.54, 1.807) is 7.11 Å². The van der Waals surface area contributed by atoms with Crippen molar-refractivity contribution in [1.82, 2.24) is 4.90 Å². The van der Waals surface area contributed by atoms with Crippen LogP contribution in [0.4, 0.5) is 0 Å². The highest BCUT2D eigenvalue weighted by molar-refractivity contribution is 7.90. The SMILES string of the molecule is COc1cccc(Oc2ccc(C3CCCN4CCS(=O)(=O)N=C34)cc2)c1. The van der Waals surface area contributed by atoms with E-state index in [1.165, 1.54) is 0 Å². The molecule has 4 rings (SSSR count). The summed E-state index contributed by atoms with van der Waals surface area (Å²) in [6.45, 7) is 1.41. The predicted molar refractivity (Wildman–Crippen MR) is 104 cm³/mol. The largest absolute Gasteiger partial charge is 0.497 e. The van der Waals surface area contributed by atoms with Gasteiger partial charge in [0.25, 0.3) is 10.0 Å². The van der Waals surface area contributed by atoms with Crippen LogP contribution in [0.2, 0.25) is 0 Å². The van der Waals surface area contributed by atoms with Crippen LogP contribution < -0.4 is 9.47 Å². The van der Waals surface area contributed by atoms with Crippen molar-refractivity contribution in [2.75, 3.05) is 26.0 Å². The van der Waals surface area contributed by atoms with Crippen LogP contribution in [0.15, 0.2) is 52.9 Å². The Hall–Kier alpha value is -2.54. The smallest absolute Gasteiger partial charge is 0.256 e. The minimum atomic E-state index is -3.34. The van der Waals surface area contributed by atoms with E-state index < -0.39 is 10.0 Å². The van der Waals surface area contributed by atoms with E-state index in [1.807, 2.05) is 48.5 Å². The van der Waals surface area contributed by atoms with Crippen LogP contribution in [-0.4, -0.2) is 45.1 Å². The molecule has 2 aliphatic rings. The summed E-state index contributed by atoms with van der Waals surface area (Å²) in [7, 11) is -1.72. The fraction of sp³-hybridized carbons (Fsp3) is 0.350. The van der Waals surface area contributed by atoms with Gasteiger partial charge in [0.2, 0.25) is 0 Å². The molecule has 7 heteroatoms. The number of amidine groups is 1. The van der Waals surface area contributed by atoms with Gasteiger partial charge in [-0.05, 0) is 42.7 Å². The Morgan fingerprint density at radius 2 is 1.81 bits per heavy atom. The Kier molecular flexibility index (Phi) is 4.78. The number of fused-ring (bicyclic) bond motifs is 1. The van der Waals surface area contributed by atoms with Crippen molar-refractivity contribution in [3.63, 3.8) is 0 Å². The zero-order chi connectivity index (χ0) is 18.9. The van der Waals surface area contributed by atoms with Gasteiger partial charge in [-0.25, -0.2) is 8.42 Å². The molecule has 0 aromatic heterocycles. The topological polar surface area (TPSA) is 68.2 Å². The Labute approximate surface area is 159 Å². The van der Waals surface area contributed by atoms with Crippen molar-refractivity contribution in [2.45, 2.75) is 18.8 Å². The molecule has 2 aliphatic heterocycles. The van der Waals surface area contributed by atoms with Gasteiger partial charge in [0.1, 0.15) is 23.1 Å². The number of rotatable bonds is 4. The third-order valence-corrected chi connectivity index (χ3v) is 6.13. The van der Waals surface area contributed by atoms with Gasteiger partial charge in [-0.3, -0.25) is 0 Å². The predicted octanol–water partition coefficient (Wildman–Crippen LogP) is 3.41. The van der Waals surface area contributed by atoms with Crippen LogP contribution in [0.25, 0.3) is 0 Å². The summed E-state index contributed by atoms with van der Waals surface area (Å²) in [6.07, 6.45) is 1.94. The first-order valence-corrected chi connectivity index (χ1v) is 10.6. The van der Waals surface area contributed by atoms with E-state index >= 15 is 0 Å². The lowest BCUT2D eigenvalue weighted by Gasteiger charge is -2.37. The summed E-state index contributed by atoms with van der Waals surface area (Å²) in [4.78, 5) is 2.11. The molecule has 6 nitrogen and oxygen atoms in total. The number of nitrogens with zero attached hydrogens (tertiary/aromatic N) is 2. The molecule has 0 spiro atoms. The maximum Gasteiger partial charge on any atom is 0.256 e. The van der Waals surface area contributed by atoms with E-state index in [9.17, 15) is 8.42 Å². The minimum Gasteiger partial charge on any atom is -0.497 e. The number of piperidine rings is 1. The van der Waals surface area contributed by atoms with E-state index in [2.05, 4.69) is 9.30 Å². The molecule has 0 aliphatic carbocycles. The number of benzene rings is 2. The van der Waals surface area contributed by atoms with Gasteiger partial charge < -0.3 is 14.4 Å². The van der Waals surface area contributed by atoms with Crippen molar-refractivity contribution >= 4 is 15.9 Å². The van der Waals surface area contributed by atoms with Gasteiger partial charge in [0, 0.05) is 25.1 Å². The molecule has 142 valence electrons. The van der Waals surface area contributed by atoms with Crippen LogP contribution >= 0.6 is 0 Å². The second kappa shape index (κ2) is 7.23. The maximum absolute atomic E-state index is 11.9. The summed E-state index contributed by atoms with van der Waals surface area (Å²) >= 11 is 0. The Bertz CT molecular complexity index is 954. The average molecular weight is 386 g/mol. The summed E-state index contributed by atoms with van der Waals surface area (Å²) in [5, 5.41) is 0.